The molecule has 1 aromatic carbocycles. The van der Waals surface area contributed by atoms with Crippen LogP contribution in [0, 0.1) is 0 Å². The monoisotopic (exact) mass is 340 g/mol. The summed E-state index contributed by atoms with van der Waals surface area (Å²) in [6, 6.07) is 6.65. The molecule has 24 heavy (non-hydrogen) atoms. The lowest BCUT2D eigenvalue weighted by Gasteiger charge is -2.42. The highest BCUT2D eigenvalue weighted by molar-refractivity contribution is 5.13. The van der Waals surface area contributed by atoms with E-state index in [1.165, 1.54) is 0 Å². The van der Waals surface area contributed by atoms with Crippen molar-refractivity contribution in [3.63, 3.8) is 0 Å². The molecule has 0 aromatic heterocycles. The van der Waals surface area contributed by atoms with Crippen LogP contribution >= 0.6 is 0 Å². The zero-order valence-electron chi connectivity index (χ0n) is 12.3. The molecule has 0 aliphatic carbocycles. The number of ether oxygens (including phenoxy) is 2. The Labute approximate surface area is 135 Å². The summed E-state index contributed by atoms with van der Waals surface area (Å²) < 4.78 is 39.1. The van der Waals surface area contributed by atoms with E-state index in [0.29, 0.717) is 5.56 Å². The van der Waals surface area contributed by atoms with E-state index in [1.54, 1.807) is 30.3 Å². The number of aliphatic hydroxyl groups excluding tert-OH is 1. The summed E-state index contributed by atoms with van der Waals surface area (Å²) in [5, 5.41) is 15.9. The van der Waals surface area contributed by atoms with Crippen molar-refractivity contribution < 1.29 is 23.4 Å². The molecule has 0 bridgehead atoms. The van der Waals surface area contributed by atoms with Crippen LogP contribution in [0.15, 0.2) is 40.6 Å². The standard InChI is InChI=1S/C13H14F2N6O3/c14-13(15)10(19-21-17)12(23-7-8-4-2-1-3-5-8)24-9(11(13)22)6-18-20-16/h1-5,9-12,22H,6-7H2/t9-,10+,11-,12?/m1/s1. The normalized spacial score (nSPS) is 28.5. The predicted octanol–water partition coefficient (Wildman–Crippen LogP) is 2.91. The molecule has 1 unspecified atom stereocenters. The molecule has 2 rings (SSSR count). The number of azide groups is 2. The Morgan fingerprint density at radius 2 is 1.96 bits per heavy atom. The van der Waals surface area contributed by atoms with Gasteiger partial charge in [-0.3, -0.25) is 0 Å². The van der Waals surface area contributed by atoms with E-state index < -0.39 is 37.0 Å². The Morgan fingerprint density at radius 3 is 2.58 bits per heavy atom. The Bertz CT molecular complexity index is 648. The molecule has 0 amide bonds. The molecule has 1 fully saturated rings. The zero-order valence-corrected chi connectivity index (χ0v) is 12.3. The minimum atomic E-state index is -3.80. The average Bonchev–Trinajstić information content (AvgIpc) is 2.58. The number of rotatable bonds is 6. The maximum absolute atomic E-state index is 14.3. The fraction of sp³-hybridized carbons (Fsp3) is 0.538. The van der Waals surface area contributed by atoms with E-state index in [1.807, 2.05) is 0 Å². The average molecular weight is 340 g/mol. The Morgan fingerprint density at radius 1 is 1.25 bits per heavy atom. The molecule has 0 spiro atoms. The minimum absolute atomic E-state index is 0.0661. The number of aliphatic hydroxyl groups is 1. The van der Waals surface area contributed by atoms with Gasteiger partial charge < -0.3 is 14.6 Å². The minimum Gasteiger partial charge on any atom is -0.384 e. The van der Waals surface area contributed by atoms with Gasteiger partial charge >= 0.3 is 0 Å². The van der Waals surface area contributed by atoms with Crippen LogP contribution in [0.3, 0.4) is 0 Å². The summed E-state index contributed by atoms with van der Waals surface area (Å²) in [5.74, 6) is -3.80. The molecule has 1 saturated heterocycles. The van der Waals surface area contributed by atoms with Crippen LogP contribution in [-0.2, 0) is 16.1 Å². The third kappa shape index (κ3) is 3.91. The van der Waals surface area contributed by atoms with Crippen molar-refractivity contribution in [2.24, 2.45) is 10.2 Å². The summed E-state index contributed by atoms with van der Waals surface area (Å²) in [7, 11) is 0. The van der Waals surface area contributed by atoms with Crippen molar-refractivity contribution >= 4 is 0 Å². The van der Waals surface area contributed by atoms with E-state index >= 15 is 0 Å². The van der Waals surface area contributed by atoms with Gasteiger partial charge in [0.1, 0.15) is 6.10 Å². The van der Waals surface area contributed by atoms with Gasteiger partial charge in [0.05, 0.1) is 19.3 Å². The molecule has 1 aliphatic heterocycles. The predicted molar refractivity (Wildman–Crippen MR) is 77.8 cm³/mol. The second kappa shape index (κ2) is 7.91. The highest BCUT2D eigenvalue weighted by atomic mass is 19.3. The molecular weight excluding hydrogens is 326 g/mol. The molecular formula is C13H14F2N6O3. The molecule has 9 nitrogen and oxygen atoms in total. The second-order valence-electron chi connectivity index (χ2n) is 5.02. The van der Waals surface area contributed by atoms with Crippen LogP contribution < -0.4 is 0 Å². The molecule has 0 radical (unpaired) electrons. The highest BCUT2D eigenvalue weighted by Crippen LogP contribution is 2.37. The maximum Gasteiger partial charge on any atom is 0.289 e. The van der Waals surface area contributed by atoms with E-state index in [0.717, 1.165) is 0 Å². The van der Waals surface area contributed by atoms with Crippen LogP contribution in [0.2, 0.25) is 0 Å². The van der Waals surface area contributed by atoms with E-state index in [-0.39, 0.29) is 6.61 Å². The van der Waals surface area contributed by atoms with Gasteiger partial charge in [0.15, 0.2) is 12.3 Å². The lowest BCUT2D eigenvalue weighted by Crippen LogP contribution is -2.62. The number of benzene rings is 1. The molecule has 128 valence electrons. The zero-order chi connectivity index (χ0) is 17.6. The lowest BCUT2D eigenvalue weighted by atomic mass is 9.96. The summed E-state index contributed by atoms with van der Waals surface area (Å²) in [6.45, 7) is -0.579. The first kappa shape index (κ1) is 17.9. The first-order valence-corrected chi connectivity index (χ1v) is 6.92. The van der Waals surface area contributed by atoms with Gasteiger partial charge in [0.25, 0.3) is 5.92 Å². The van der Waals surface area contributed by atoms with E-state index in [4.69, 9.17) is 20.5 Å². The van der Waals surface area contributed by atoms with Gasteiger partial charge in [-0.2, -0.15) is 0 Å². The molecule has 4 atom stereocenters. The molecule has 1 aliphatic rings. The third-order valence-corrected chi connectivity index (χ3v) is 3.47. The van der Waals surface area contributed by atoms with Gasteiger partial charge in [-0.15, -0.1) is 0 Å². The summed E-state index contributed by atoms with van der Waals surface area (Å²) >= 11 is 0. The fourth-order valence-electron chi connectivity index (χ4n) is 2.26. The SMILES string of the molecule is [N-]=[N+]=NC[C@H]1OC(OCc2ccccc2)[C@H](N=[N+]=[N-])C(F)(F)[C@@H]1O. The summed E-state index contributed by atoms with van der Waals surface area (Å²) in [5.41, 5.74) is 17.5. The van der Waals surface area contributed by atoms with Gasteiger partial charge in [-0.25, -0.2) is 8.78 Å². The molecule has 1 N–H and O–H groups in total. The van der Waals surface area contributed by atoms with E-state index in [9.17, 15) is 13.9 Å². The number of halogens is 2. The number of nitrogens with zero attached hydrogens (tertiary/aromatic N) is 6. The van der Waals surface area contributed by atoms with Crippen LogP contribution in [0.25, 0.3) is 20.9 Å². The molecule has 1 heterocycles. The van der Waals surface area contributed by atoms with Gasteiger partial charge in [0.2, 0.25) is 0 Å². The summed E-state index contributed by atoms with van der Waals surface area (Å²) in [6.07, 6.45) is -5.38. The lowest BCUT2D eigenvalue weighted by molar-refractivity contribution is -0.303. The number of hydrogen-bond donors (Lipinski definition) is 1. The van der Waals surface area contributed by atoms with Gasteiger partial charge in [0, 0.05) is 9.82 Å². The Kier molecular flexibility index (Phi) is 5.91. The smallest absolute Gasteiger partial charge is 0.289 e. The Balaban J connectivity index is 2.20. The van der Waals surface area contributed by atoms with Crippen LogP contribution in [0.4, 0.5) is 8.78 Å². The fourth-order valence-corrected chi connectivity index (χ4v) is 2.26. The Hall–Kier alpha value is -2.42. The van der Waals surface area contributed by atoms with Gasteiger partial charge in [-0.05, 0) is 16.6 Å². The number of hydrogen-bond acceptors (Lipinski definition) is 5. The van der Waals surface area contributed by atoms with Crippen molar-refractivity contribution in [3.8, 4) is 0 Å². The van der Waals surface area contributed by atoms with Crippen molar-refractivity contribution in [1.29, 1.82) is 0 Å². The van der Waals surface area contributed by atoms with E-state index in [2.05, 4.69) is 20.1 Å². The topological polar surface area (TPSA) is 136 Å². The molecule has 1 aromatic rings. The van der Waals surface area contributed by atoms with Gasteiger partial charge in [-0.1, -0.05) is 40.6 Å². The van der Waals surface area contributed by atoms with Crippen molar-refractivity contribution in [2.45, 2.75) is 37.1 Å². The largest absolute Gasteiger partial charge is 0.384 e. The molecule has 11 heteroatoms. The second-order valence-corrected chi connectivity index (χ2v) is 5.02. The maximum atomic E-state index is 14.3. The summed E-state index contributed by atoms with van der Waals surface area (Å²) in [4.78, 5) is 4.83. The van der Waals surface area contributed by atoms with Crippen LogP contribution in [0.1, 0.15) is 5.56 Å². The third-order valence-electron chi connectivity index (χ3n) is 3.47. The first-order valence-electron chi connectivity index (χ1n) is 6.92. The number of alkyl halides is 2. The quantitative estimate of drug-likeness (QED) is 0.484. The molecule has 0 saturated carbocycles. The van der Waals surface area contributed by atoms with Crippen molar-refractivity contribution in [1.82, 2.24) is 0 Å². The first-order chi connectivity index (χ1) is 11.5. The van der Waals surface area contributed by atoms with Crippen molar-refractivity contribution in [3.05, 3.63) is 56.8 Å². The van der Waals surface area contributed by atoms with Crippen LogP contribution in [0.5, 0.6) is 0 Å². The van der Waals surface area contributed by atoms with Crippen LogP contribution in [-0.4, -0.2) is 42.1 Å². The highest BCUT2D eigenvalue weighted by Gasteiger charge is 2.58. The van der Waals surface area contributed by atoms with Crippen molar-refractivity contribution in [2.75, 3.05) is 6.54 Å².